The van der Waals surface area contributed by atoms with Crippen molar-refractivity contribution < 1.29 is 14.8 Å². The van der Waals surface area contributed by atoms with Crippen LogP contribution in [0.2, 0.25) is 0 Å². The molecule has 0 bridgehead atoms. The summed E-state index contributed by atoms with van der Waals surface area (Å²) in [5.74, 6) is -1.00. The van der Waals surface area contributed by atoms with Crippen LogP contribution in [0.1, 0.15) is 29.6 Å². The van der Waals surface area contributed by atoms with Gasteiger partial charge in [-0.3, -0.25) is 10.1 Å². The average Bonchev–Trinajstić information content (AvgIpc) is 3.22. The summed E-state index contributed by atoms with van der Waals surface area (Å²) in [5.41, 5.74) is -0.859. The van der Waals surface area contributed by atoms with E-state index < -0.39 is 16.6 Å². The summed E-state index contributed by atoms with van der Waals surface area (Å²) in [4.78, 5) is 24.7. The monoisotopic (exact) mass is 280 g/mol. The number of nitrogens with one attached hydrogen (secondary N) is 2. The minimum absolute atomic E-state index is 0.333. The quantitative estimate of drug-likeness (QED) is 0.372. The SMILES string of the molecule is O=C(O)c1cc(NCCCNC2CC2)ncc1[N+](=O)[O-]. The second-order valence-electron chi connectivity index (χ2n) is 4.66. The Morgan fingerprint density at radius 2 is 2.25 bits per heavy atom. The second-order valence-corrected chi connectivity index (χ2v) is 4.66. The van der Waals surface area contributed by atoms with Crippen LogP contribution in [-0.4, -0.2) is 40.1 Å². The molecule has 1 aliphatic rings. The van der Waals surface area contributed by atoms with Crippen LogP contribution < -0.4 is 10.6 Å². The molecule has 108 valence electrons. The van der Waals surface area contributed by atoms with Gasteiger partial charge in [0.15, 0.2) is 0 Å². The molecule has 0 amide bonds. The number of aromatic carboxylic acids is 1. The van der Waals surface area contributed by atoms with Gasteiger partial charge >= 0.3 is 11.7 Å². The number of rotatable bonds is 8. The molecule has 0 aromatic carbocycles. The number of nitro groups is 1. The Labute approximate surface area is 115 Å². The van der Waals surface area contributed by atoms with Crippen LogP contribution in [0.5, 0.6) is 0 Å². The van der Waals surface area contributed by atoms with Gasteiger partial charge in [0, 0.05) is 18.7 Å². The van der Waals surface area contributed by atoms with Gasteiger partial charge in [0.2, 0.25) is 0 Å². The first kappa shape index (κ1) is 14.2. The number of aromatic nitrogens is 1. The van der Waals surface area contributed by atoms with E-state index in [4.69, 9.17) is 5.11 Å². The molecule has 0 radical (unpaired) electrons. The van der Waals surface area contributed by atoms with Crippen molar-refractivity contribution >= 4 is 17.5 Å². The van der Waals surface area contributed by atoms with Gasteiger partial charge < -0.3 is 15.7 Å². The zero-order valence-electron chi connectivity index (χ0n) is 10.8. The number of nitrogens with zero attached hydrogens (tertiary/aromatic N) is 2. The number of hydrogen-bond donors (Lipinski definition) is 3. The number of carbonyl (C=O) groups is 1. The van der Waals surface area contributed by atoms with Crippen LogP contribution >= 0.6 is 0 Å². The first-order valence-electron chi connectivity index (χ1n) is 6.43. The van der Waals surface area contributed by atoms with Crippen molar-refractivity contribution in [2.24, 2.45) is 0 Å². The third kappa shape index (κ3) is 3.89. The van der Waals surface area contributed by atoms with Crippen molar-refractivity contribution in [2.45, 2.75) is 25.3 Å². The van der Waals surface area contributed by atoms with Crippen LogP contribution in [0.15, 0.2) is 12.3 Å². The lowest BCUT2D eigenvalue weighted by Gasteiger charge is -2.07. The summed E-state index contributed by atoms with van der Waals surface area (Å²) in [7, 11) is 0. The Bertz CT molecular complexity index is 516. The topological polar surface area (TPSA) is 117 Å². The molecular weight excluding hydrogens is 264 g/mol. The normalized spacial score (nSPS) is 14.0. The van der Waals surface area contributed by atoms with E-state index in [2.05, 4.69) is 15.6 Å². The van der Waals surface area contributed by atoms with Crippen LogP contribution in [-0.2, 0) is 0 Å². The molecule has 8 nitrogen and oxygen atoms in total. The Kier molecular flexibility index (Phi) is 4.46. The highest BCUT2D eigenvalue weighted by Crippen LogP contribution is 2.20. The highest BCUT2D eigenvalue weighted by Gasteiger charge is 2.21. The van der Waals surface area contributed by atoms with Crippen molar-refractivity contribution in [1.82, 2.24) is 10.3 Å². The molecule has 0 aliphatic heterocycles. The molecule has 1 aromatic rings. The van der Waals surface area contributed by atoms with Crippen LogP contribution in [0.4, 0.5) is 11.5 Å². The second kappa shape index (κ2) is 6.29. The Hall–Kier alpha value is -2.22. The minimum Gasteiger partial charge on any atom is -0.477 e. The molecular formula is C12H16N4O4. The van der Waals surface area contributed by atoms with Gasteiger partial charge in [-0.2, -0.15) is 0 Å². The van der Waals surface area contributed by atoms with Gasteiger partial charge in [0.25, 0.3) is 0 Å². The number of hydrogen-bond acceptors (Lipinski definition) is 6. The maximum absolute atomic E-state index is 11.0. The van der Waals surface area contributed by atoms with E-state index in [1.807, 2.05) is 0 Å². The lowest BCUT2D eigenvalue weighted by atomic mass is 10.2. The van der Waals surface area contributed by atoms with E-state index in [0.717, 1.165) is 19.2 Å². The maximum Gasteiger partial charge on any atom is 0.342 e. The molecule has 0 atom stereocenters. The third-order valence-corrected chi connectivity index (χ3v) is 2.98. The first-order chi connectivity index (χ1) is 9.58. The summed E-state index contributed by atoms with van der Waals surface area (Å²) in [6.07, 6.45) is 4.31. The average molecular weight is 280 g/mol. The molecule has 1 fully saturated rings. The van der Waals surface area contributed by atoms with E-state index in [0.29, 0.717) is 18.4 Å². The standard InChI is InChI=1S/C12H16N4O4/c17-12(18)9-6-11(15-7-10(9)16(19)20)14-5-1-4-13-8-2-3-8/h6-8,13H,1-5H2,(H,14,15)(H,17,18). The predicted octanol–water partition coefficient (Wildman–Crippen LogP) is 1.24. The van der Waals surface area contributed by atoms with Gasteiger partial charge in [0.05, 0.1) is 4.92 Å². The lowest BCUT2D eigenvalue weighted by Crippen LogP contribution is -2.20. The minimum atomic E-state index is -1.34. The molecule has 1 saturated carbocycles. The summed E-state index contributed by atoms with van der Waals surface area (Å²) in [5, 5.41) is 25.9. The van der Waals surface area contributed by atoms with Gasteiger partial charge in [-0.1, -0.05) is 0 Å². The van der Waals surface area contributed by atoms with Crippen molar-refractivity contribution in [3.8, 4) is 0 Å². The summed E-state index contributed by atoms with van der Waals surface area (Å²) in [6, 6.07) is 1.85. The molecule has 0 saturated heterocycles. The van der Waals surface area contributed by atoms with Crippen LogP contribution in [0.25, 0.3) is 0 Å². The summed E-state index contributed by atoms with van der Waals surface area (Å²) in [6.45, 7) is 1.51. The van der Waals surface area contributed by atoms with Gasteiger partial charge in [-0.25, -0.2) is 9.78 Å². The van der Waals surface area contributed by atoms with Crippen molar-refractivity contribution in [3.05, 3.63) is 27.9 Å². The van der Waals surface area contributed by atoms with E-state index in [1.165, 1.54) is 18.9 Å². The van der Waals surface area contributed by atoms with Crippen LogP contribution in [0.3, 0.4) is 0 Å². The Balaban J connectivity index is 1.88. The van der Waals surface area contributed by atoms with E-state index in [-0.39, 0.29) is 5.56 Å². The van der Waals surface area contributed by atoms with Crippen molar-refractivity contribution in [1.29, 1.82) is 0 Å². The smallest absolute Gasteiger partial charge is 0.342 e. The maximum atomic E-state index is 11.0. The number of carboxylic acids is 1. The van der Waals surface area contributed by atoms with Crippen molar-refractivity contribution in [2.75, 3.05) is 18.4 Å². The zero-order chi connectivity index (χ0) is 14.5. The summed E-state index contributed by atoms with van der Waals surface area (Å²) >= 11 is 0. The predicted molar refractivity (Wildman–Crippen MR) is 72.0 cm³/mol. The number of pyridine rings is 1. The highest BCUT2D eigenvalue weighted by molar-refractivity contribution is 5.93. The fourth-order valence-electron chi connectivity index (χ4n) is 1.76. The molecule has 8 heteroatoms. The van der Waals surface area contributed by atoms with Crippen LogP contribution in [0, 0.1) is 10.1 Å². The summed E-state index contributed by atoms with van der Waals surface area (Å²) < 4.78 is 0. The zero-order valence-corrected chi connectivity index (χ0v) is 10.8. The fraction of sp³-hybridized carbons (Fsp3) is 0.500. The molecule has 2 rings (SSSR count). The first-order valence-corrected chi connectivity index (χ1v) is 6.43. The molecule has 3 N–H and O–H groups in total. The largest absolute Gasteiger partial charge is 0.477 e. The van der Waals surface area contributed by atoms with E-state index >= 15 is 0 Å². The molecule has 1 heterocycles. The molecule has 1 aromatic heterocycles. The van der Waals surface area contributed by atoms with Crippen molar-refractivity contribution in [3.63, 3.8) is 0 Å². The lowest BCUT2D eigenvalue weighted by molar-refractivity contribution is -0.385. The van der Waals surface area contributed by atoms with Gasteiger partial charge in [0.1, 0.15) is 17.6 Å². The highest BCUT2D eigenvalue weighted by atomic mass is 16.6. The van der Waals surface area contributed by atoms with Gasteiger partial charge in [-0.05, 0) is 25.8 Å². The van der Waals surface area contributed by atoms with Gasteiger partial charge in [-0.15, -0.1) is 0 Å². The van der Waals surface area contributed by atoms with E-state index in [9.17, 15) is 14.9 Å². The third-order valence-electron chi connectivity index (χ3n) is 2.98. The number of carboxylic acid groups (broad SMARTS) is 1. The Morgan fingerprint density at radius 1 is 1.50 bits per heavy atom. The molecule has 0 spiro atoms. The fourth-order valence-corrected chi connectivity index (χ4v) is 1.76. The molecule has 0 unspecified atom stereocenters. The van der Waals surface area contributed by atoms with E-state index in [1.54, 1.807) is 0 Å². The number of anilines is 1. The molecule has 1 aliphatic carbocycles. The molecule has 20 heavy (non-hydrogen) atoms. The Morgan fingerprint density at radius 3 is 2.85 bits per heavy atom.